The Morgan fingerprint density at radius 2 is 2.57 bits per heavy atom. The van der Waals surface area contributed by atoms with Gasteiger partial charge in [0.2, 0.25) is 5.09 Å². The van der Waals surface area contributed by atoms with Crippen LogP contribution in [-0.2, 0) is 9.47 Å². The number of thioether (sulfide) groups is 1. The minimum absolute atomic E-state index is 0.0615. The fourth-order valence-corrected chi connectivity index (χ4v) is 1.82. The normalized spacial score (nSPS) is 24.2. The molecule has 0 aromatic carbocycles. The van der Waals surface area contributed by atoms with Crippen LogP contribution in [0.1, 0.15) is 13.8 Å². The molecule has 0 aromatic rings. The van der Waals surface area contributed by atoms with Gasteiger partial charge in [0, 0.05) is 5.75 Å². The lowest BCUT2D eigenvalue weighted by atomic mass is 10.4. The summed E-state index contributed by atoms with van der Waals surface area (Å²) in [6.45, 7) is 4.37. The van der Waals surface area contributed by atoms with Crippen molar-refractivity contribution in [3.63, 3.8) is 0 Å². The first-order chi connectivity index (χ1) is 6.58. The second kappa shape index (κ2) is 5.21. The van der Waals surface area contributed by atoms with Gasteiger partial charge in [-0.25, -0.2) is 0 Å². The highest BCUT2D eigenvalue weighted by molar-refractivity contribution is 8.03. The first-order valence-corrected chi connectivity index (χ1v) is 5.33. The second-order valence-corrected chi connectivity index (χ2v) is 4.19. The molecule has 1 fully saturated rings. The van der Waals surface area contributed by atoms with Crippen LogP contribution in [0.2, 0.25) is 0 Å². The van der Waals surface area contributed by atoms with Gasteiger partial charge in [-0.3, -0.25) is 10.1 Å². The number of hydrogen-bond acceptors (Lipinski definition) is 5. The summed E-state index contributed by atoms with van der Waals surface area (Å²) >= 11 is 1.35. The largest absolute Gasteiger partial charge is 0.475 e. The summed E-state index contributed by atoms with van der Waals surface area (Å²) in [6, 6.07) is 0. The summed E-state index contributed by atoms with van der Waals surface area (Å²) in [5.41, 5.74) is 0. The molecule has 1 saturated heterocycles. The van der Waals surface area contributed by atoms with Gasteiger partial charge in [0.1, 0.15) is 6.10 Å². The molecule has 1 aliphatic rings. The Bertz CT molecular complexity index is 241. The molecular weight excluding hydrogens is 206 g/mol. The van der Waals surface area contributed by atoms with E-state index in [9.17, 15) is 10.1 Å². The maximum atomic E-state index is 10.1. The Hall–Kier alpha value is -0.750. The summed E-state index contributed by atoms with van der Waals surface area (Å²) in [5.74, 6) is 0.715. The van der Waals surface area contributed by atoms with Crippen molar-refractivity contribution in [3.8, 4) is 0 Å². The molecule has 6 heteroatoms. The van der Waals surface area contributed by atoms with E-state index in [1.54, 1.807) is 0 Å². The van der Waals surface area contributed by atoms with Crippen molar-refractivity contribution in [3.05, 3.63) is 21.4 Å². The van der Waals surface area contributed by atoms with Crippen LogP contribution in [0.25, 0.3) is 0 Å². The molecular formula is C8H13NO4S. The highest BCUT2D eigenvalue weighted by Crippen LogP contribution is 2.28. The topological polar surface area (TPSA) is 61.6 Å². The van der Waals surface area contributed by atoms with E-state index >= 15 is 0 Å². The van der Waals surface area contributed by atoms with Crippen molar-refractivity contribution in [2.75, 3.05) is 12.4 Å². The summed E-state index contributed by atoms with van der Waals surface area (Å²) < 4.78 is 10.6. The van der Waals surface area contributed by atoms with Gasteiger partial charge in [-0.05, 0) is 13.8 Å². The average molecular weight is 219 g/mol. The Balaban J connectivity index is 2.30. The summed E-state index contributed by atoms with van der Waals surface area (Å²) in [7, 11) is 0. The van der Waals surface area contributed by atoms with E-state index in [4.69, 9.17) is 9.47 Å². The highest BCUT2D eigenvalue weighted by atomic mass is 32.2. The maximum absolute atomic E-state index is 10.1. The first-order valence-electron chi connectivity index (χ1n) is 4.34. The molecule has 1 heterocycles. The molecule has 0 aliphatic carbocycles. The van der Waals surface area contributed by atoms with Crippen molar-refractivity contribution >= 4 is 11.8 Å². The van der Waals surface area contributed by atoms with Crippen molar-refractivity contribution in [1.29, 1.82) is 0 Å². The van der Waals surface area contributed by atoms with Gasteiger partial charge in [0.15, 0.2) is 0 Å². The minimum Gasteiger partial charge on any atom is -0.475 e. The van der Waals surface area contributed by atoms with E-state index in [2.05, 4.69) is 0 Å². The van der Waals surface area contributed by atoms with Crippen molar-refractivity contribution in [2.24, 2.45) is 0 Å². The Labute approximate surface area is 86.6 Å². The summed E-state index contributed by atoms with van der Waals surface area (Å²) in [5, 5.41) is 10.5. The monoisotopic (exact) mass is 219 g/mol. The van der Waals surface area contributed by atoms with E-state index in [1.807, 2.05) is 13.8 Å². The third-order valence-corrected chi connectivity index (χ3v) is 2.55. The number of hydrogen-bond donors (Lipinski definition) is 0. The van der Waals surface area contributed by atoms with Gasteiger partial charge in [-0.2, -0.15) is 0 Å². The van der Waals surface area contributed by atoms with E-state index in [0.717, 1.165) is 6.20 Å². The fourth-order valence-electron chi connectivity index (χ4n) is 0.943. The number of nitrogens with zero attached hydrogens (tertiary/aromatic N) is 1. The second-order valence-electron chi connectivity index (χ2n) is 3.17. The molecule has 5 nitrogen and oxygen atoms in total. The van der Waals surface area contributed by atoms with Gasteiger partial charge in [0.25, 0.3) is 6.20 Å². The van der Waals surface area contributed by atoms with E-state index in [0.29, 0.717) is 17.5 Å². The predicted octanol–water partition coefficient (Wildman–Crippen LogP) is 1.62. The zero-order valence-electron chi connectivity index (χ0n) is 8.13. The van der Waals surface area contributed by atoms with Crippen LogP contribution in [0.5, 0.6) is 0 Å². The molecule has 1 aliphatic heterocycles. The predicted molar refractivity (Wildman–Crippen MR) is 53.5 cm³/mol. The van der Waals surface area contributed by atoms with Crippen molar-refractivity contribution < 1.29 is 14.4 Å². The third kappa shape index (κ3) is 3.97. The lowest BCUT2D eigenvalue weighted by Gasteiger charge is -2.11. The lowest BCUT2D eigenvalue weighted by Crippen LogP contribution is -2.19. The summed E-state index contributed by atoms with van der Waals surface area (Å²) in [4.78, 5) is 9.63. The molecule has 1 rings (SSSR count). The SMILES string of the molecule is CC(C)OCC1CS/C(=C\[N+](=O)[O-])O1. The summed E-state index contributed by atoms with van der Waals surface area (Å²) in [6.07, 6.45) is 0.987. The van der Waals surface area contributed by atoms with Gasteiger partial charge < -0.3 is 9.47 Å². The van der Waals surface area contributed by atoms with Gasteiger partial charge in [-0.15, -0.1) is 0 Å². The van der Waals surface area contributed by atoms with Crippen LogP contribution in [0.3, 0.4) is 0 Å². The average Bonchev–Trinajstić information content (AvgIpc) is 2.47. The van der Waals surface area contributed by atoms with Crippen LogP contribution in [-0.4, -0.2) is 29.5 Å². The van der Waals surface area contributed by atoms with Crippen molar-refractivity contribution in [1.82, 2.24) is 0 Å². The van der Waals surface area contributed by atoms with Crippen LogP contribution in [0.15, 0.2) is 11.3 Å². The molecule has 0 N–H and O–H groups in total. The Morgan fingerprint density at radius 1 is 1.86 bits per heavy atom. The van der Waals surface area contributed by atoms with Gasteiger partial charge >= 0.3 is 0 Å². The fraction of sp³-hybridized carbons (Fsp3) is 0.750. The van der Waals surface area contributed by atoms with Crippen molar-refractivity contribution in [2.45, 2.75) is 26.1 Å². The molecule has 0 spiro atoms. The van der Waals surface area contributed by atoms with E-state index in [1.165, 1.54) is 11.8 Å². The molecule has 14 heavy (non-hydrogen) atoms. The van der Waals surface area contributed by atoms with Gasteiger partial charge in [-0.1, -0.05) is 11.8 Å². The first kappa shape index (κ1) is 11.3. The molecule has 0 radical (unpaired) electrons. The molecule has 0 saturated carbocycles. The number of rotatable bonds is 4. The number of ether oxygens (including phenoxy) is 2. The zero-order valence-corrected chi connectivity index (χ0v) is 8.95. The van der Waals surface area contributed by atoms with Crippen LogP contribution in [0, 0.1) is 10.1 Å². The Morgan fingerprint density at radius 3 is 3.14 bits per heavy atom. The zero-order chi connectivity index (χ0) is 10.6. The van der Waals surface area contributed by atoms with Crippen LogP contribution < -0.4 is 0 Å². The Kier molecular flexibility index (Phi) is 4.21. The molecule has 80 valence electrons. The molecule has 0 aromatic heterocycles. The van der Waals surface area contributed by atoms with E-state index < -0.39 is 4.92 Å². The molecule has 1 atom stereocenters. The lowest BCUT2D eigenvalue weighted by molar-refractivity contribution is -0.404. The quantitative estimate of drug-likeness (QED) is 0.531. The standard InChI is InChI=1S/C8H13NO4S/c1-6(2)12-4-7-5-14-8(13-7)3-9(10)11/h3,6-7H,4-5H2,1-2H3/b8-3-. The smallest absolute Gasteiger partial charge is 0.282 e. The maximum Gasteiger partial charge on any atom is 0.282 e. The minimum atomic E-state index is -0.506. The van der Waals surface area contributed by atoms with E-state index in [-0.39, 0.29) is 12.2 Å². The molecule has 0 bridgehead atoms. The molecule has 1 unspecified atom stereocenters. The van der Waals surface area contributed by atoms with Crippen LogP contribution >= 0.6 is 11.8 Å². The third-order valence-electron chi connectivity index (χ3n) is 1.52. The van der Waals surface area contributed by atoms with Gasteiger partial charge in [0.05, 0.1) is 17.6 Å². The van der Waals surface area contributed by atoms with Crippen LogP contribution in [0.4, 0.5) is 0 Å². The highest BCUT2D eigenvalue weighted by Gasteiger charge is 2.24. The molecule has 0 amide bonds. The number of nitro groups is 1.